The highest BCUT2D eigenvalue weighted by molar-refractivity contribution is 5.69. The third-order valence-corrected chi connectivity index (χ3v) is 0.581. The molecule has 0 saturated heterocycles. The smallest absolute Gasteiger partial charge is 0.315 e. The fraction of sp³-hybridized carbons (Fsp3) is 0.500. The van der Waals surface area contributed by atoms with Gasteiger partial charge in [0.2, 0.25) is 0 Å². The third kappa shape index (κ3) is 6.99. The number of aliphatic carboxylic acids is 1. The molecule has 0 fully saturated rings. The number of methoxy groups -OCH3 is 1. The largest absolute Gasteiger partial charge is 0.481 e. The molecule has 0 saturated carbocycles. The summed E-state index contributed by atoms with van der Waals surface area (Å²) in [5, 5.41) is 8.07. The molecule has 0 amide bonds. The van der Waals surface area contributed by atoms with Crippen LogP contribution in [0.5, 0.6) is 0 Å². The SMILES string of the molecule is COCC#CCC(=O)O. The van der Waals surface area contributed by atoms with Crippen molar-refractivity contribution in [3.63, 3.8) is 0 Å². The van der Waals surface area contributed by atoms with E-state index in [1.54, 1.807) is 0 Å². The second-order valence-corrected chi connectivity index (χ2v) is 1.36. The Morgan fingerprint density at radius 3 is 2.78 bits per heavy atom. The van der Waals surface area contributed by atoms with Crippen LogP contribution in [0.3, 0.4) is 0 Å². The molecule has 9 heavy (non-hydrogen) atoms. The van der Waals surface area contributed by atoms with E-state index in [1.165, 1.54) is 7.11 Å². The number of ether oxygens (including phenoxy) is 1. The van der Waals surface area contributed by atoms with Crippen LogP contribution in [0.2, 0.25) is 0 Å². The Morgan fingerprint density at radius 1 is 1.67 bits per heavy atom. The second kappa shape index (κ2) is 5.13. The lowest BCUT2D eigenvalue weighted by Crippen LogP contribution is -1.91. The van der Waals surface area contributed by atoms with Gasteiger partial charge in [0.1, 0.15) is 13.0 Å². The van der Waals surface area contributed by atoms with E-state index in [1.807, 2.05) is 0 Å². The highest BCUT2D eigenvalue weighted by Crippen LogP contribution is 1.72. The first-order valence-corrected chi connectivity index (χ1v) is 2.44. The van der Waals surface area contributed by atoms with E-state index in [2.05, 4.69) is 16.6 Å². The minimum Gasteiger partial charge on any atom is -0.481 e. The number of carboxylic acids is 1. The molecule has 0 aromatic heterocycles. The van der Waals surface area contributed by atoms with Crippen LogP contribution in [-0.4, -0.2) is 24.8 Å². The van der Waals surface area contributed by atoms with Crippen molar-refractivity contribution in [2.45, 2.75) is 6.42 Å². The molecule has 0 unspecified atom stereocenters. The zero-order valence-corrected chi connectivity index (χ0v) is 5.18. The molecule has 0 aliphatic heterocycles. The van der Waals surface area contributed by atoms with Gasteiger partial charge in [-0.15, -0.1) is 0 Å². The number of rotatable bonds is 2. The third-order valence-electron chi connectivity index (χ3n) is 0.581. The molecule has 0 rings (SSSR count). The fourth-order valence-corrected chi connectivity index (χ4v) is 0.261. The first-order chi connectivity index (χ1) is 4.27. The zero-order valence-electron chi connectivity index (χ0n) is 5.18. The molecular formula is C6H8O3. The maximum atomic E-state index is 9.82. The van der Waals surface area contributed by atoms with Crippen molar-refractivity contribution in [2.24, 2.45) is 0 Å². The van der Waals surface area contributed by atoms with Gasteiger partial charge in [0, 0.05) is 7.11 Å². The normalized spacial score (nSPS) is 7.67. The number of hydrogen-bond acceptors (Lipinski definition) is 2. The quantitative estimate of drug-likeness (QED) is 0.537. The van der Waals surface area contributed by atoms with E-state index < -0.39 is 5.97 Å². The summed E-state index contributed by atoms with van der Waals surface area (Å²) in [4.78, 5) is 9.82. The molecule has 0 radical (unpaired) electrons. The average Bonchev–Trinajstić information content (AvgIpc) is 1.80. The summed E-state index contributed by atoms with van der Waals surface area (Å²) in [6.45, 7) is 0.299. The molecule has 0 aliphatic rings. The molecule has 0 aliphatic carbocycles. The van der Waals surface area contributed by atoms with Crippen molar-refractivity contribution in [3.8, 4) is 11.8 Å². The zero-order chi connectivity index (χ0) is 7.11. The molecule has 50 valence electrons. The van der Waals surface area contributed by atoms with Crippen LogP contribution in [0.15, 0.2) is 0 Å². The van der Waals surface area contributed by atoms with Gasteiger partial charge < -0.3 is 9.84 Å². The summed E-state index contributed by atoms with van der Waals surface area (Å²) < 4.78 is 4.56. The maximum Gasteiger partial charge on any atom is 0.315 e. The molecule has 0 spiro atoms. The Hall–Kier alpha value is -1.01. The van der Waals surface area contributed by atoms with Gasteiger partial charge in [0.05, 0.1) is 0 Å². The van der Waals surface area contributed by atoms with Crippen molar-refractivity contribution >= 4 is 5.97 Å². The van der Waals surface area contributed by atoms with Crippen molar-refractivity contribution in [1.29, 1.82) is 0 Å². The van der Waals surface area contributed by atoms with Crippen LogP contribution in [-0.2, 0) is 9.53 Å². The molecule has 0 aromatic rings. The van der Waals surface area contributed by atoms with Crippen LogP contribution in [0.4, 0.5) is 0 Å². The first-order valence-electron chi connectivity index (χ1n) is 2.44. The Bertz CT molecular complexity index is 140. The number of carboxylic acid groups (broad SMARTS) is 1. The van der Waals surface area contributed by atoms with Crippen molar-refractivity contribution < 1.29 is 14.6 Å². The highest BCUT2D eigenvalue weighted by atomic mass is 16.5. The number of carbonyl (C=O) groups is 1. The molecule has 1 N–H and O–H groups in total. The van der Waals surface area contributed by atoms with Gasteiger partial charge in [-0.3, -0.25) is 4.79 Å². The van der Waals surface area contributed by atoms with E-state index in [0.29, 0.717) is 6.61 Å². The van der Waals surface area contributed by atoms with Gasteiger partial charge in [0.15, 0.2) is 0 Å². The van der Waals surface area contributed by atoms with Gasteiger partial charge in [-0.2, -0.15) is 0 Å². The predicted octanol–water partition coefficient (Wildman–Crippen LogP) is 0.111. The molecule has 0 bridgehead atoms. The van der Waals surface area contributed by atoms with E-state index in [9.17, 15) is 4.79 Å². The lowest BCUT2D eigenvalue weighted by molar-refractivity contribution is -0.135. The molecule has 0 heterocycles. The molecule has 3 heteroatoms. The Kier molecular flexibility index (Phi) is 4.56. The van der Waals surface area contributed by atoms with Gasteiger partial charge in [-0.25, -0.2) is 0 Å². The van der Waals surface area contributed by atoms with Gasteiger partial charge in [0.25, 0.3) is 0 Å². The van der Waals surface area contributed by atoms with Crippen LogP contribution < -0.4 is 0 Å². The standard InChI is InChI=1S/C6H8O3/c1-9-5-3-2-4-6(7)8/h4-5H2,1H3,(H,7,8). The average molecular weight is 128 g/mol. The Balaban J connectivity index is 3.26. The maximum absolute atomic E-state index is 9.82. The molecular weight excluding hydrogens is 120 g/mol. The van der Waals surface area contributed by atoms with Gasteiger partial charge in [-0.05, 0) is 0 Å². The summed E-state index contributed by atoms with van der Waals surface area (Å²) in [6, 6.07) is 0. The van der Waals surface area contributed by atoms with Crippen molar-refractivity contribution in [1.82, 2.24) is 0 Å². The van der Waals surface area contributed by atoms with Gasteiger partial charge in [-0.1, -0.05) is 11.8 Å². The highest BCUT2D eigenvalue weighted by Gasteiger charge is 1.86. The van der Waals surface area contributed by atoms with E-state index >= 15 is 0 Å². The van der Waals surface area contributed by atoms with Crippen molar-refractivity contribution in [2.75, 3.05) is 13.7 Å². The lowest BCUT2D eigenvalue weighted by atomic mass is 10.4. The Morgan fingerprint density at radius 2 is 2.33 bits per heavy atom. The van der Waals surface area contributed by atoms with Gasteiger partial charge >= 0.3 is 5.97 Å². The van der Waals surface area contributed by atoms with Crippen LogP contribution in [0, 0.1) is 11.8 Å². The molecule has 0 atom stereocenters. The van der Waals surface area contributed by atoms with E-state index in [0.717, 1.165) is 0 Å². The van der Waals surface area contributed by atoms with Crippen LogP contribution in [0.1, 0.15) is 6.42 Å². The first kappa shape index (κ1) is 7.99. The summed E-state index contributed by atoms with van der Waals surface area (Å²) in [5.41, 5.74) is 0. The van der Waals surface area contributed by atoms with E-state index in [4.69, 9.17) is 5.11 Å². The fourth-order valence-electron chi connectivity index (χ4n) is 0.261. The molecule has 3 nitrogen and oxygen atoms in total. The molecule has 0 aromatic carbocycles. The van der Waals surface area contributed by atoms with E-state index in [-0.39, 0.29) is 6.42 Å². The minimum atomic E-state index is -0.904. The summed E-state index contributed by atoms with van der Waals surface area (Å²) in [5.74, 6) is 4.02. The summed E-state index contributed by atoms with van der Waals surface area (Å²) >= 11 is 0. The van der Waals surface area contributed by atoms with Crippen LogP contribution >= 0.6 is 0 Å². The lowest BCUT2D eigenvalue weighted by Gasteiger charge is -1.81. The van der Waals surface area contributed by atoms with Crippen LogP contribution in [0.25, 0.3) is 0 Å². The number of hydrogen-bond donors (Lipinski definition) is 1. The second-order valence-electron chi connectivity index (χ2n) is 1.36. The summed E-state index contributed by atoms with van der Waals surface area (Å²) in [6.07, 6.45) is -0.108. The predicted molar refractivity (Wildman–Crippen MR) is 31.9 cm³/mol. The monoisotopic (exact) mass is 128 g/mol. The summed E-state index contributed by atoms with van der Waals surface area (Å²) in [7, 11) is 1.51. The van der Waals surface area contributed by atoms with Crippen molar-refractivity contribution in [3.05, 3.63) is 0 Å². The minimum absolute atomic E-state index is 0.108. The Labute approximate surface area is 53.6 Å². The topological polar surface area (TPSA) is 46.5 Å².